The van der Waals surface area contributed by atoms with E-state index in [1.165, 1.54) is 27.4 Å². The Bertz CT molecular complexity index is 2970. The fraction of sp³-hybridized carbons (Fsp3) is 0. The van der Waals surface area contributed by atoms with Crippen LogP contribution < -0.4 is 0 Å². The van der Waals surface area contributed by atoms with Crippen molar-refractivity contribution >= 4 is 21.8 Å². The molecular weight excluding hydrogens is 671 g/mol. The number of para-hydroxylation sites is 2. The van der Waals surface area contributed by atoms with Gasteiger partial charge in [0.15, 0.2) is 17.5 Å². The van der Waals surface area contributed by atoms with Crippen molar-refractivity contribution in [1.82, 2.24) is 24.5 Å². The van der Waals surface area contributed by atoms with Crippen molar-refractivity contribution in [1.29, 1.82) is 0 Å². The second-order valence-electron chi connectivity index (χ2n) is 13.5. The first kappa shape index (κ1) is 32.2. The molecule has 3 heterocycles. The quantitative estimate of drug-likeness (QED) is 0.166. The van der Waals surface area contributed by atoms with Gasteiger partial charge in [-0.1, -0.05) is 133 Å². The average molecular weight is 704 g/mol. The molecule has 0 N–H and O–H groups in total. The minimum Gasteiger partial charge on any atom is -0.309 e. The Morgan fingerprint density at radius 2 is 0.800 bits per heavy atom. The van der Waals surface area contributed by atoms with Crippen LogP contribution in [0.3, 0.4) is 0 Å². The molecule has 0 fully saturated rings. The first-order valence-electron chi connectivity index (χ1n) is 18.4. The van der Waals surface area contributed by atoms with E-state index in [0.717, 1.165) is 50.2 Å². The zero-order valence-electron chi connectivity index (χ0n) is 29.8. The summed E-state index contributed by atoms with van der Waals surface area (Å²) in [5.74, 6) is 1.87. The summed E-state index contributed by atoms with van der Waals surface area (Å²) in [5.41, 5.74) is 13.0. The van der Waals surface area contributed by atoms with E-state index in [-0.39, 0.29) is 0 Å². The Kier molecular flexibility index (Phi) is 8.08. The predicted octanol–water partition coefficient (Wildman–Crippen LogP) is 12.4. The van der Waals surface area contributed by atoms with Crippen molar-refractivity contribution in [2.45, 2.75) is 0 Å². The first-order valence-corrected chi connectivity index (χ1v) is 18.4. The van der Waals surface area contributed by atoms with Crippen LogP contribution in [0.4, 0.5) is 0 Å². The zero-order chi connectivity index (χ0) is 36.6. The first-order chi connectivity index (χ1) is 27.3. The number of benzene rings is 7. The van der Waals surface area contributed by atoms with Gasteiger partial charge in [-0.05, 0) is 88.0 Å². The molecule has 0 aliphatic heterocycles. The van der Waals surface area contributed by atoms with Gasteiger partial charge in [0.05, 0.1) is 11.0 Å². The Hall–Kier alpha value is -7.50. The lowest BCUT2D eigenvalue weighted by atomic mass is 9.95. The van der Waals surface area contributed by atoms with Gasteiger partial charge < -0.3 is 4.57 Å². The lowest BCUT2D eigenvalue weighted by molar-refractivity contribution is 1.07. The standard InChI is InChI=1S/C50H33N5/c1-3-13-35(14-4-1)48-52-49(40-19-10-15-36(32-40)34-27-29-51-30-28-34)54-50(53-48)41-20-11-17-38(33-41)37-16-9-18-39(31-37)43-24-12-26-46-47(43)44-23-7-8-25-45(44)55(46)42-21-5-2-6-22-42/h1-33H. The third-order valence-electron chi connectivity index (χ3n) is 10.1. The minimum atomic E-state index is 0.620. The molecule has 0 aliphatic carbocycles. The Labute approximate surface area is 318 Å². The van der Waals surface area contributed by atoms with Crippen molar-refractivity contribution in [2.75, 3.05) is 0 Å². The molecule has 0 saturated heterocycles. The maximum absolute atomic E-state index is 5.09. The molecule has 10 rings (SSSR count). The molecule has 10 aromatic rings. The van der Waals surface area contributed by atoms with Crippen molar-refractivity contribution in [2.24, 2.45) is 0 Å². The highest BCUT2D eigenvalue weighted by molar-refractivity contribution is 6.15. The molecule has 258 valence electrons. The molecule has 0 radical (unpaired) electrons. The molecule has 7 aromatic carbocycles. The van der Waals surface area contributed by atoms with Gasteiger partial charge in [0.25, 0.3) is 0 Å². The summed E-state index contributed by atoms with van der Waals surface area (Å²) in [7, 11) is 0. The number of aromatic nitrogens is 5. The maximum Gasteiger partial charge on any atom is 0.164 e. The molecule has 0 aliphatic rings. The van der Waals surface area contributed by atoms with E-state index in [9.17, 15) is 0 Å². The van der Waals surface area contributed by atoms with Gasteiger partial charge in [0.2, 0.25) is 0 Å². The van der Waals surface area contributed by atoms with Crippen LogP contribution in [0, 0.1) is 0 Å². The van der Waals surface area contributed by atoms with E-state index in [0.29, 0.717) is 17.5 Å². The van der Waals surface area contributed by atoms with E-state index in [1.807, 2.05) is 60.9 Å². The van der Waals surface area contributed by atoms with Gasteiger partial charge in [-0.25, -0.2) is 15.0 Å². The normalized spacial score (nSPS) is 11.3. The molecule has 5 heteroatoms. The predicted molar refractivity (Wildman–Crippen MR) is 225 cm³/mol. The summed E-state index contributed by atoms with van der Waals surface area (Å²) in [6.07, 6.45) is 3.62. The highest BCUT2D eigenvalue weighted by Crippen LogP contribution is 2.39. The minimum absolute atomic E-state index is 0.620. The van der Waals surface area contributed by atoms with Crippen LogP contribution in [0.15, 0.2) is 200 Å². The van der Waals surface area contributed by atoms with E-state index < -0.39 is 0 Å². The van der Waals surface area contributed by atoms with Crippen LogP contribution in [-0.4, -0.2) is 24.5 Å². The third-order valence-corrected chi connectivity index (χ3v) is 10.1. The molecule has 5 nitrogen and oxygen atoms in total. The van der Waals surface area contributed by atoms with Crippen LogP contribution in [0.25, 0.3) is 95.0 Å². The Balaban J connectivity index is 1.08. The number of fused-ring (bicyclic) bond motifs is 3. The fourth-order valence-corrected chi connectivity index (χ4v) is 7.55. The molecule has 0 spiro atoms. The number of pyridine rings is 1. The summed E-state index contributed by atoms with van der Waals surface area (Å²) >= 11 is 0. The highest BCUT2D eigenvalue weighted by atomic mass is 15.0. The molecule has 0 saturated carbocycles. The average Bonchev–Trinajstić information content (AvgIpc) is 3.62. The summed E-state index contributed by atoms with van der Waals surface area (Å²) in [4.78, 5) is 19.3. The van der Waals surface area contributed by atoms with Gasteiger partial charge in [-0.15, -0.1) is 0 Å². The number of rotatable bonds is 7. The number of nitrogens with zero attached hydrogens (tertiary/aromatic N) is 5. The van der Waals surface area contributed by atoms with Gasteiger partial charge >= 0.3 is 0 Å². The lowest BCUT2D eigenvalue weighted by Crippen LogP contribution is -2.00. The molecule has 3 aromatic heterocycles. The van der Waals surface area contributed by atoms with E-state index >= 15 is 0 Å². The van der Waals surface area contributed by atoms with Crippen LogP contribution >= 0.6 is 0 Å². The molecule has 0 unspecified atom stereocenters. The Morgan fingerprint density at radius 1 is 0.327 bits per heavy atom. The maximum atomic E-state index is 5.09. The fourth-order valence-electron chi connectivity index (χ4n) is 7.55. The van der Waals surface area contributed by atoms with Gasteiger partial charge in [0, 0.05) is 45.5 Å². The van der Waals surface area contributed by atoms with Gasteiger partial charge in [-0.3, -0.25) is 4.98 Å². The summed E-state index contributed by atoms with van der Waals surface area (Å²) < 4.78 is 2.36. The van der Waals surface area contributed by atoms with Crippen molar-refractivity contribution in [3.8, 4) is 73.2 Å². The molecule has 0 atom stereocenters. The highest BCUT2D eigenvalue weighted by Gasteiger charge is 2.17. The smallest absolute Gasteiger partial charge is 0.164 e. The van der Waals surface area contributed by atoms with Crippen LogP contribution in [-0.2, 0) is 0 Å². The lowest BCUT2D eigenvalue weighted by Gasteiger charge is -2.11. The van der Waals surface area contributed by atoms with E-state index in [1.54, 1.807) is 0 Å². The zero-order valence-corrected chi connectivity index (χ0v) is 29.8. The third kappa shape index (κ3) is 6.04. The largest absolute Gasteiger partial charge is 0.309 e. The number of hydrogen-bond acceptors (Lipinski definition) is 4. The van der Waals surface area contributed by atoms with Crippen molar-refractivity contribution < 1.29 is 0 Å². The SMILES string of the molecule is c1ccc(-c2nc(-c3cccc(-c4ccncc4)c3)nc(-c3cccc(-c4cccc(-c5cccc6c5c5ccccc5n6-c5ccccc5)c4)c3)n2)cc1. The summed E-state index contributed by atoms with van der Waals surface area (Å²) in [5, 5.41) is 2.47. The van der Waals surface area contributed by atoms with Crippen LogP contribution in [0.5, 0.6) is 0 Å². The second kappa shape index (κ2) is 13.8. The topological polar surface area (TPSA) is 56.5 Å². The van der Waals surface area contributed by atoms with Crippen LogP contribution in [0.1, 0.15) is 0 Å². The van der Waals surface area contributed by atoms with E-state index in [4.69, 9.17) is 15.0 Å². The summed E-state index contributed by atoms with van der Waals surface area (Å²) in [6.45, 7) is 0. The molecular formula is C50H33N5. The Morgan fingerprint density at radius 3 is 1.47 bits per heavy atom. The second-order valence-corrected chi connectivity index (χ2v) is 13.5. The monoisotopic (exact) mass is 703 g/mol. The van der Waals surface area contributed by atoms with Crippen molar-refractivity contribution in [3.05, 3.63) is 200 Å². The molecule has 55 heavy (non-hydrogen) atoms. The van der Waals surface area contributed by atoms with E-state index in [2.05, 4.69) is 149 Å². The summed E-state index contributed by atoms with van der Waals surface area (Å²) in [6, 6.07) is 65.7. The van der Waals surface area contributed by atoms with Crippen LogP contribution in [0.2, 0.25) is 0 Å². The van der Waals surface area contributed by atoms with Crippen molar-refractivity contribution in [3.63, 3.8) is 0 Å². The molecule has 0 amide bonds. The number of hydrogen-bond donors (Lipinski definition) is 0. The molecule has 0 bridgehead atoms. The van der Waals surface area contributed by atoms with Gasteiger partial charge in [-0.2, -0.15) is 0 Å². The van der Waals surface area contributed by atoms with Gasteiger partial charge in [0.1, 0.15) is 0 Å².